The molecule has 0 aromatic heterocycles. The SMILES string of the molecule is CCCC1CCCCC(=C\c2ccc(Cl)cc2)/C1=N/OCCN(CC)CC. The number of hydrogen-bond acceptors (Lipinski definition) is 3. The van der Waals surface area contributed by atoms with Crippen molar-refractivity contribution in [2.24, 2.45) is 11.1 Å². The zero-order chi connectivity index (χ0) is 19.5. The molecular weight excluding hydrogens is 356 g/mol. The normalized spacial score (nSPS) is 21.0. The summed E-state index contributed by atoms with van der Waals surface area (Å²) in [6.45, 7) is 10.3. The van der Waals surface area contributed by atoms with Gasteiger partial charge in [-0.25, -0.2) is 0 Å². The molecule has 2 rings (SSSR count). The zero-order valence-electron chi connectivity index (χ0n) is 17.2. The fourth-order valence-corrected chi connectivity index (χ4v) is 3.85. The minimum Gasteiger partial charge on any atom is -0.394 e. The molecule has 0 spiro atoms. The maximum absolute atomic E-state index is 6.04. The van der Waals surface area contributed by atoms with Gasteiger partial charge < -0.3 is 9.74 Å². The Hall–Kier alpha value is -1.32. The average molecular weight is 391 g/mol. The molecule has 0 saturated heterocycles. The summed E-state index contributed by atoms with van der Waals surface area (Å²) in [6.07, 6.45) is 9.40. The second-order valence-electron chi connectivity index (χ2n) is 7.29. The maximum Gasteiger partial charge on any atom is 0.129 e. The largest absolute Gasteiger partial charge is 0.394 e. The highest BCUT2D eigenvalue weighted by molar-refractivity contribution is 6.30. The van der Waals surface area contributed by atoms with Crippen LogP contribution in [0.25, 0.3) is 6.08 Å². The number of halogens is 1. The highest BCUT2D eigenvalue weighted by Crippen LogP contribution is 2.30. The Balaban J connectivity index is 2.19. The zero-order valence-corrected chi connectivity index (χ0v) is 18.0. The van der Waals surface area contributed by atoms with Crippen LogP contribution in [-0.2, 0) is 4.84 Å². The number of benzene rings is 1. The molecule has 0 aliphatic heterocycles. The van der Waals surface area contributed by atoms with Crippen LogP contribution in [0.1, 0.15) is 64.9 Å². The number of rotatable bonds is 9. The lowest BCUT2D eigenvalue weighted by atomic mass is 9.90. The van der Waals surface area contributed by atoms with E-state index in [2.05, 4.69) is 49.0 Å². The summed E-state index contributed by atoms with van der Waals surface area (Å²) in [5.41, 5.74) is 3.68. The van der Waals surface area contributed by atoms with Crippen molar-refractivity contribution in [1.82, 2.24) is 4.90 Å². The smallest absolute Gasteiger partial charge is 0.129 e. The van der Waals surface area contributed by atoms with Crippen molar-refractivity contribution in [3.8, 4) is 0 Å². The fourth-order valence-electron chi connectivity index (χ4n) is 3.73. The van der Waals surface area contributed by atoms with Gasteiger partial charge in [-0.2, -0.15) is 0 Å². The van der Waals surface area contributed by atoms with E-state index in [4.69, 9.17) is 16.4 Å². The van der Waals surface area contributed by atoms with Gasteiger partial charge in [0.05, 0.1) is 5.71 Å². The molecule has 1 atom stereocenters. The van der Waals surface area contributed by atoms with Crippen LogP contribution >= 0.6 is 11.6 Å². The van der Waals surface area contributed by atoms with E-state index in [1.54, 1.807) is 0 Å². The average Bonchev–Trinajstić information content (AvgIpc) is 2.86. The molecule has 1 aliphatic carbocycles. The van der Waals surface area contributed by atoms with Gasteiger partial charge in [0.15, 0.2) is 0 Å². The van der Waals surface area contributed by atoms with E-state index in [9.17, 15) is 0 Å². The van der Waals surface area contributed by atoms with E-state index < -0.39 is 0 Å². The van der Waals surface area contributed by atoms with Gasteiger partial charge in [0, 0.05) is 17.5 Å². The fraction of sp³-hybridized carbons (Fsp3) is 0.609. The van der Waals surface area contributed by atoms with Crippen molar-refractivity contribution >= 4 is 23.4 Å². The van der Waals surface area contributed by atoms with Gasteiger partial charge in [0.25, 0.3) is 0 Å². The Labute approximate surface area is 170 Å². The van der Waals surface area contributed by atoms with Crippen LogP contribution in [0.4, 0.5) is 0 Å². The van der Waals surface area contributed by atoms with Gasteiger partial charge in [-0.1, -0.05) is 62.5 Å². The molecule has 1 aromatic carbocycles. The number of oxime groups is 1. The second kappa shape index (κ2) is 12.2. The molecule has 1 saturated carbocycles. The molecule has 1 unspecified atom stereocenters. The van der Waals surface area contributed by atoms with E-state index in [1.165, 1.54) is 49.0 Å². The summed E-state index contributed by atoms with van der Waals surface area (Å²) in [5, 5.41) is 5.45. The third kappa shape index (κ3) is 7.31. The lowest BCUT2D eigenvalue weighted by Gasteiger charge is -2.19. The minimum atomic E-state index is 0.504. The standard InChI is InChI=1S/C23H35ClN2O/c1-4-9-20-10-7-8-11-21(18-19-12-14-22(24)15-13-19)23(20)25-27-17-16-26(5-2)6-3/h12-15,18,20H,4-11,16-17H2,1-3H3/b21-18+,25-23+. The van der Waals surface area contributed by atoms with Crippen LogP contribution in [-0.4, -0.2) is 36.9 Å². The van der Waals surface area contributed by atoms with E-state index in [1.807, 2.05) is 12.1 Å². The van der Waals surface area contributed by atoms with Gasteiger partial charge in [-0.3, -0.25) is 0 Å². The molecule has 1 fully saturated rings. The molecule has 0 bridgehead atoms. The molecular formula is C23H35ClN2O. The summed E-state index contributed by atoms with van der Waals surface area (Å²) in [7, 11) is 0. The molecule has 150 valence electrons. The van der Waals surface area contributed by atoms with Gasteiger partial charge in [0.1, 0.15) is 6.61 Å². The lowest BCUT2D eigenvalue weighted by molar-refractivity contribution is 0.113. The predicted molar refractivity (Wildman–Crippen MR) is 117 cm³/mol. The Bertz CT molecular complexity index is 605. The third-order valence-corrected chi connectivity index (χ3v) is 5.62. The van der Waals surface area contributed by atoms with Crippen molar-refractivity contribution in [2.45, 2.75) is 59.3 Å². The first kappa shape index (κ1) is 22.0. The summed E-state index contributed by atoms with van der Waals surface area (Å²) < 4.78 is 0. The van der Waals surface area contributed by atoms with Crippen molar-refractivity contribution in [3.05, 3.63) is 40.4 Å². The Morgan fingerprint density at radius 2 is 1.89 bits per heavy atom. The molecule has 27 heavy (non-hydrogen) atoms. The summed E-state index contributed by atoms with van der Waals surface area (Å²) >= 11 is 6.04. The van der Waals surface area contributed by atoms with E-state index in [0.717, 1.165) is 31.1 Å². The topological polar surface area (TPSA) is 24.8 Å². The maximum atomic E-state index is 6.04. The highest BCUT2D eigenvalue weighted by atomic mass is 35.5. The molecule has 0 N–H and O–H groups in total. The van der Waals surface area contributed by atoms with E-state index in [0.29, 0.717) is 12.5 Å². The quantitative estimate of drug-likeness (QED) is 0.276. The van der Waals surface area contributed by atoms with E-state index >= 15 is 0 Å². The summed E-state index contributed by atoms with van der Waals surface area (Å²) in [4.78, 5) is 8.17. The molecule has 0 amide bonds. The van der Waals surface area contributed by atoms with Gasteiger partial charge in [-0.15, -0.1) is 0 Å². The van der Waals surface area contributed by atoms with Crippen LogP contribution < -0.4 is 0 Å². The van der Waals surface area contributed by atoms with Gasteiger partial charge in [0.2, 0.25) is 0 Å². The van der Waals surface area contributed by atoms with Gasteiger partial charge in [-0.05, 0) is 68.1 Å². The van der Waals surface area contributed by atoms with Crippen LogP contribution in [0.2, 0.25) is 5.02 Å². The Morgan fingerprint density at radius 3 is 2.56 bits per heavy atom. The molecule has 4 heteroatoms. The predicted octanol–water partition coefficient (Wildman–Crippen LogP) is 6.43. The number of hydrogen-bond donors (Lipinski definition) is 0. The van der Waals surface area contributed by atoms with Gasteiger partial charge >= 0.3 is 0 Å². The summed E-state index contributed by atoms with van der Waals surface area (Å²) in [5.74, 6) is 0.504. The number of nitrogens with zero attached hydrogens (tertiary/aromatic N) is 2. The van der Waals surface area contributed by atoms with Crippen molar-refractivity contribution < 1.29 is 4.84 Å². The van der Waals surface area contributed by atoms with Crippen molar-refractivity contribution in [1.29, 1.82) is 0 Å². The summed E-state index contributed by atoms with van der Waals surface area (Å²) in [6, 6.07) is 8.05. The highest BCUT2D eigenvalue weighted by Gasteiger charge is 2.23. The molecule has 3 nitrogen and oxygen atoms in total. The monoisotopic (exact) mass is 390 g/mol. The first-order valence-corrected chi connectivity index (χ1v) is 10.9. The molecule has 0 radical (unpaired) electrons. The van der Waals surface area contributed by atoms with Crippen molar-refractivity contribution in [3.63, 3.8) is 0 Å². The Kier molecular flexibility index (Phi) is 9.93. The third-order valence-electron chi connectivity index (χ3n) is 5.37. The van der Waals surface area contributed by atoms with Crippen molar-refractivity contribution in [2.75, 3.05) is 26.2 Å². The number of likely N-dealkylation sites (N-methyl/N-ethyl adjacent to an activating group) is 1. The van der Waals surface area contributed by atoms with Crippen LogP contribution in [0.3, 0.4) is 0 Å². The second-order valence-corrected chi connectivity index (χ2v) is 7.73. The first-order valence-electron chi connectivity index (χ1n) is 10.6. The molecule has 0 heterocycles. The molecule has 1 aliphatic rings. The first-order chi connectivity index (χ1) is 13.2. The molecule has 1 aromatic rings. The number of allylic oxidation sites excluding steroid dienone is 1. The van der Waals surface area contributed by atoms with Crippen LogP contribution in [0, 0.1) is 5.92 Å². The minimum absolute atomic E-state index is 0.504. The Morgan fingerprint density at radius 1 is 1.15 bits per heavy atom. The lowest BCUT2D eigenvalue weighted by Crippen LogP contribution is -2.26. The van der Waals surface area contributed by atoms with Crippen LogP contribution in [0.5, 0.6) is 0 Å². The van der Waals surface area contributed by atoms with Crippen LogP contribution in [0.15, 0.2) is 35.0 Å². The van der Waals surface area contributed by atoms with E-state index in [-0.39, 0.29) is 0 Å².